The van der Waals surface area contributed by atoms with Crippen LogP contribution in [0.3, 0.4) is 0 Å². The fraction of sp³-hybridized carbons (Fsp3) is 0.556. The first kappa shape index (κ1) is 13.3. The summed E-state index contributed by atoms with van der Waals surface area (Å²) in [6.45, 7) is 1.09. The van der Waals surface area contributed by atoms with Gasteiger partial charge in [0.15, 0.2) is 12.0 Å². The Bertz CT molecular complexity index is 375. The van der Waals surface area contributed by atoms with E-state index >= 15 is 0 Å². The first-order chi connectivity index (χ1) is 7.94. The third-order valence-electron chi connectivity index (χ3n) is 1.65. The lowest BCUT2D eigenvalue weighted by Gasteiger charge is -2.07. The van der Waals surface area contributed by atoms with Crippen molar-refractivity contribution in [3.63, 3.8) is 0 Å². The minimum atomic E-state index is -4.32. The lowest BCUT2D eigenvalue weighted by atomic mass is 10.4. The molecule has 0 atom stereocenters. The van der Waals surface area contributed by atoms with Gasteiger partial charge in [0.1, 0.15) is 0 Å². The Kier molecular flexibility index (Phi) is 4.36. The first-order valence-corrected chi connectivity index (χ1v) is 4.75. The summed E-state index contributed by atoms with van der Waals surface area (Å²) in [4.78, 5) is 11.2. The number of halogens is 3. The molecule has 0 unspecified atom stereocenters. The molecule has 0 bridgehead atoms. The molecule has 0 aliphatic rings. The van der Waals surface area contributed by atoms with Crippen LogP contribution < -0.4 is 4.74 Å². The van der Waals surface area contributed by atoms with Crippen LogP contribution in [-0.4, -0.2) is 30.5 Å². The van der Waals surface area contributed by atoms with Crippen LogP contribution in [0.4, 0.5) is 13.2 Å². The summed E-state index contributed by atoms with van der Waals surface area (Å²) in [5, 5.41) is 3.29. The van der Waals surface area contributed by atoms with Crippen molar-refractivity contribution in [2.75, 3.05) is 13.2 Å². The number of rotatable bonds is 5. The number of nitrogens with zero attached hydrogens (tertiary/aromatic N) is 1. The largest absolute Gasteiger partial charge is 0.487 e. The fourth-order valence-corrected chi connectivity index (χ4v) is 0.944. The third kappa shape index (κ3) is 4.33. The number of hydrogen-bond donors (Lipinski definition) is 0. The highest BCUT2D eigenvalue weighted by Gasteiger charge is 2.28. The maximum atomic E-state index is 11.9. The average molecular weight is 253 g/mol. The van der Waals surface area contributed by atoms with Gasteiger partial charge < -0.3 is 14.0 Å². The van der Waals surface area contributed by atoms with E-state index in [2.05, 4.69) is 14.4 Å². The van der Waals surface area contributed by atoms with E-state index in [0.29, 0.717) is 0 Å². The van der Waals surface area contributed by atoms with Gasteiger partial charge in [-0.15, -0.1) is 0 Å². The average Bonchev–Trinajstić information content (AvgIpc) is 2.64. The summed E-state index contributed by atoms with van der Waals surface area (Å²) < 4.78 is 49.4. The van der Waals surface area contributed by atoms with Gasteiger partial charge in [0.05, 0.1) is 19.6 Å². The van der Waals surface area contributed by atoms with Crippen molar-refractivity contribution in [2.45, 2.75) is 19.5 Å². The van der Waals surface area contributed by atoms with Crippen LogP contribution in [0, 0.1) is 0 Å². The van der Waals surface area contributed by atoms with Crippen LogP contribution in [0.25, 0.3) is 0 Å². The highest BCUT2D eigenvalue weighted by molar-refractivity contribution is 5.89. The molecule has 96 valence electrons. The van der Waals surface area contributed by atoms with Crippen molar-refractivity contribution in [3.8, 4) is 5.75 Å². The van der Waals surface area contributed by atoms with Crippen LogP contribution in [0.5, 0.6) is 5.75 Å². The van der Waals surface area contributed by atoms with E-state index in [0.717, 1.165) is 6.26 Å². The van der Waals surface area contributed by atoms with E-state index in [1.54, 1.807) is 6.92 Å². The zero-order valence-electron chi connectivity index (χ0n) is 8.91. The number of ether oxygens (including phenoxy) is 2. The maximum absolute atomic E-state index is 11.9. The molecule has 0 fully saturated rings. The summed E-state index contributed by atoms with van der Waals surface area (Å²) in [7, 11) is 0. The monoisotopic (exact) mass is 253 g/mol. The van der Waals surface area contributed by atoms with Gasteiger partial charge in [-0.3, -0.25) is 0 Å². The number of hydrogen-bond acceptors (Lipinski definition) is 5. The Labute approximate surface area is 94.5 Å². The molecule has 0 saturated carbocycles. The van der Waals surface area contributed by atoms with Gasteiger partial charge in [0.25, 0.3) is 0 Å². The van der Waals surface area contributed by atoms with Crippen LogP contribution >= 0.6 is 0 Å². The SMILES string of the molecule is CCOC(=O)c1nocc1OCCC(F)(F)F. The van der Waals surface area contributed by atoms with Gasteiger partial charge in [0, 0.05) is 0 Å². The molecule has 0 spiro atoms. The molecule has 0 aromatic carbocycles. The summed E-state index contributed by atoms with van der Waals surface area (Å²) in [5.74, 6) is -0.962. The van der Waals surface area contributed by atoms with Crippen molar-refractivity contribution >= 4 is 5.97 Å². The molecule has 1 rings (SSSR count). The van der Waals surface area contributed by atoms with E-state index in [9.17, 15) is 18.0 Å². The van der Waals surface area contributed by atoms with Crippen molar-refractivity contribution < 1.29 is 32.0 Å². The zero-order chi connectivity index (χ0) is 12.9. The van der Waals surface area contributed by atoms with Gasteiger partial charge in [-0.2, -0.15) is 13.2 Å². The molecule has 0 N–H and O–H groups in total. The van der Waals surface area contributed by atoms with Crippen molar-refractivity contribution in [2.24, 2.45) is 0 Å². The van der Waals surface area contributed by atoms with E-state index in [1.807, 2.05) is 0 Å². The van der Waals surface area contributed by atoms with Crippen LogP contribution in [0.15, 0.2) is 10.8 Å². The lowest BCUT2D eigenvalue weighted by molar-refractivity contribution is -0.139. The van der Waals surface area contributed by atoms with Gasteiger partial charge in [0.2, 0.25) is 5.69 Å². The predicted molar refractivity (Wildman–Crippen MR) is 48.6 cm³/mol. The standard InChI is InChI=1S/C9H10F3NO4/c1-2-15-8(14)7-6(5-17-13-7)16-4-3-9(10,11)12/h5H,2-4H2,1H3. The summed E-state index contributed by atoms with van der Waals surface area (Å²) >= 11 is 0. The summed E-state index contributed by atoms with van der Waals surface area (Å²) in [6.07, 6.45) is -4.50. The minimum Gasteiger partial charge on any atom is -0.487 e. The first-order valence-electron chi connectivity index (χ1n) is 4.75. The Balaban J connectivity index is 2.54. The molecular weight excluding hydrogens is 243 g/mol. The van der Waals surface area contributed by atoms with E-state index in [4.69, 9.17) is 4.74 Å². The zero-order valence-corrected chi connectivity index (χ0v) is 8.91. The normalized spacial score (nSPS) is 11.3. The maximum Gasteiger partial charge on any atom is 0.392 e. The smallest absolute Gasteiger partial charge is 0.392 e. The molecule has 1 aromatic heterocycles. The molecule has 0 saturated heterocycles. The third-order valence-corrected chi connectivity index (χ3v) is 1.65. The van der Waals surface area contributed by atoms with Crippen LogP contribution in [0.2, 0.25) is 0 Å². The van der Waals surface area contributed by atoms with E-state index in [1.165, 1.54) is 0 Å². The second-order valence-corrected chi connectivity index (χ2v) is 2.96. The van der Waals surface area contributed by atoms with Gasteiger partial charge >= 0.3 is 12.1 Å². The van der Waals surface area contributed by atoms with Crippen molar-refractivity contribution in [3.05, 3.63) is 12.0 Å². The number of esters is 1. The van der Waals surface area contributed by atoms with E-state index in [-0.39, 0.29) is 18.1 Å². The number of carbonyl (C=O) groups excluding carboxylic acids is 1. The Hall–Kier alpha value is -1.73. The molecule has 0 aliphatic heterocycles. The van der Waals surface area contributed by atoms with Gasteiger partial charge in [-0.05, 0) is 6.92 Å². The molecule has 8 heteroatoms. The molecule has 0 amide bonds. The van der Waals surface area contributed by atoms with Gasteiger partial charge in [-0.1, -0.05) is 5.16 Å². The molecule has 0 radical (unpaired) electrons. The Morgan fingerprint density at radius 1 is 1.53 bits per heavy atom. The molecular formula is C9H10F3NO4. The van der Waals surface area contributed by atoms with Gasteiger partial charge in [-0.25, -0.2) is 4.79 Å². The molecule has 5 nitrogen and oxygen atoms in total. The van der Waals surface area contributed by atoms with Crippen molar-refractivity contribution in [1.29, 1.82) is 0 Å². The quantitative estimate of drug-likeness (QED) is 0.752. The predicted octanol–water partition coefficient (Wildman–Crippen LogP) is 2.18. The highest BCUT2D eigenvalue weighted by Crippen LogP contribution is 2.22. The Morgan fingerprint density at radius 3 is 2.82 bits per heavy atom. The van der Waals surface area contributed by atoms with E-state index < -0.39 is 25.2 Å². The number of aromatic nitrogens is 1. The number of alkyl halides is 3. The van der Waals surface area contributed by atoms with Crippen LogP contribution in [0.1, 0.15) is 23.8 Å². The second kappa shape index (κ2) is 5.55. The fourth-order valence-electron chi connectivity index (χ4n) is 0.944. The molecule has 1 aromatic rings. The second-order valence-electron chi connectivity index (χ2n) is 2.96. The molecule has 17 heavy (non-hydrogen) atoms. The highest BCUT2D eigenvalue weighted by atomic mass is 19.4. The minimum absolute atomic E-state index is 0.119. The molecule has 1 heterocycles. The lowest BCUT2D eigenvalue weighted by Crippen LogP contribution is -2.14. The summed E-state index contributed by atoms with van der Waals surface area (Å²) in [5.41, 5.74) is -0.269. The topological polar surface area (TPSA) is 61.6 Å². The molecule has 0 aliphatic carbocycles. The Morgan fingerprint density at radius 2 is 2.24 bits per heavy atom. The number of carbonyl (C=O) groups is 1. The van der Waals surface area contributed by atoms with Crippen molar-refractivity contribution in [1.82, 2.24) is 5.16 Å². The van der Waals surface area contributed by atoms with Crippen LogP contribution in [-0.2, 0) is 4.74 Å². The summed E-state index contributed by atoms with van der Waals surface area (Å²) in [6, 6.07) is 0.